The maximum atomic E-state index is 13.1. The van der Waals surface area contributed by atoms with E-state index in [4.69, 9.17) is 0 Å². The van der Waals surface area contributed by atoms with Gasteiger partial charge in [-0.2, -0.15) is 5.10 Å². The van der Waals surface area contributed by atoms with E-state index in [1.807, 2.05) is 48.8 Å². The summed E-state index contributed by atoms with van der Waals surface area (Å²) < 4.78 is 14.9. The number of carbonyl (C=O) groups is 1. The Morgan fingerprint density at radius 3 is 2.77 bits per heavy atom. The van der Waals surface area contributed by atoms with Gasteiger partial charge in [0.2, 0.25) is 0 Å². The van der Waals surface area contributed by atoms with Crippen molar-refractivity contribution in [2.24, 2.45) is 7.05 Å². The zero-order valence-corrected chi connectivity index (χ0v) is 19.1. The van der Waals surface area contributed by atoms with Crippen LogP contribution in [0.2, 0.25) is 0 Å². The lowest BCUT2D eigenvalue weighted by Crippen LogP contribution is -2.30. The van der Waals surface area contributed by atoms with Crippen LogP contribution < -0.4 is 10.9 Å². The second-order valence-electron chi connectivity index (χ2n) is 8.44. The van der Waals surface area contributed by atoms with Gasteiger partial charge in [-0.15, -0.1) is 11.3 Å². The predicted octanol–water partition coefficient (Wildman–Crippen LogP) is 4.32. The van der Waals surface area contributed by atoms with E-state index in [0.717, 1.165) is 65.0 Å². The summed E-state index contributed by atoms with van der Waals surface area (Å²) in [7, 11) is 3.80. The van der Waals surface area contributed by atoms with Gasteiger partial charge < -0.3 is 4.90 Å². The Balaban J connectivity index is 1.17. The monoisotopic (exact) mass is 443 g/mol. The summed E-state index contributed by atoms with van der Waals surface area (Å²) in [6, 6.07) is 9.34. The van der Waals surface area contributed by atoms with Gasteiger partial charge in [0.05, 0.1) is 10.6 Å². The number of aromatic nitrogens is 2. The molecule has 1 aliphatic rings. The number of unbranched alkanes of at least 4 members (excludes halogenated alkanes) is 2. The van der Waals surface area contributed by atoms with Crippen molar-refractivity contribution in [1.82, 2.24) is 25.5 Å². The summed E-state index contributed by atoms with van der Waals surface area (Å²) >= 11 is 1.51. The van der Waals surface area contributed by atoms with Gasteiger partial charge in [0.1, 0.15) is 10.6 Å². The normalized spacial score (nSPS) is 18.7. The fourth-order valence-corrected chi connectivity index (χ4v) is 5.36. The van der Waals surface area contributed by atoms with Crippen LogP contribution in [0.15, 0.2) is 30.3 Å². The predicted molar refractivity (Wildman–Crippen MR) is 123 cm³/mol. The van der Waals surface area contributed by atoms with E-state index >= 15 is 0 Å². The zero-order chi connectivity index (χ0) is 22.0. The molecule has 2 aromatic heterocycles. The maximum Gasteiger partial charge on any atom is 0.263 e. The van der Waals surface area contributed by atoms with Crippen molar-refractivity contribution in [2.45, 2.75) is 51.1 Å². The number of benzene rings is 1. The smallest absolute Gasteiger partial charge is 0.263 e. The number of amides is 1. The van der Waals surface area contributed by atoms with Gasteiger partial charge in [-0.1, -0.05) is 25.0 Å². The van der Waals surface area contributed by atoms with E-state index in [-0.39, 0.29) is 17.8 Å². The van der Waals surface area contributed by atoms with Crippen molar-refractivity contribution in [2.75, 3.05) is 13.6 Å². The molecular weight excluding hydrogens is 413 g/mol. The van der Waals surface area contributed by atoms with Crippen molar-refractivity contribution in [3.63, 3.8) is 0 Å². The first-order valence-electron chi connectivity index (χ1n) is 10.9. The van der Waals surface area contributed by atoms with E-state index in [1.165, 1.54) is 23.5 Å². The summed E-state index contributed by atoms with van der Waals surface area (Å²) in [5, 5.41) is 5.47. The van der Waals surface area contributed by atoms with Crippen LogP contribution in [0.4, 0.5) is 4.39 Å². The zero-order valence-electron chi connectivity index (χ0n) is 18.3. The molecule has 0 radical (unpaired) electrons. The van der Waals surface area contributed by atoms with Gasteiger partial charge in [-0.05, 0) is 49.9 Å². The van der Waals surface area contributed by atoms with Gasteiger partial charge in [-0.25, -0.2) is 4.39 Å². The lowest BCUT2D eigenvalue weighted by Gasteiger charge is -2.16. The highest BCUT2D eigenvalue weighted by atomic mass is 32.1. The van der Waals surface area contributed by atoms with E-state index in [1.54, 1.807) is 0 Å². The molecular formula is C23H30FN5OS. The van der Waals surface area contributed by atoms with Crippen LogP contribution >= 0.6 is 11.3 Å². The van der Waals surface area contributed by atoms with E-state index in [0.29, 0.717) is 6.04 Å². The molecule has 1 aliphatic heterocycles. The Labute approximate surface area is 186 Å². The molecule has 0 aliphatic carbocycles. The topological polar surface area (TPSA) is 62.2 Å². The quantitative estimate of drug-likeness (QED) is 0.509. The lowest BCUT2D eigenvalue weighted by molar-refractivity contribution is 0.0797. The first-order valence-corrected chi connectivity index (χ1v) is 11.7. The number of rotatable bonds is 8. The van der Waals surface area contributed by atoms with Gasteiger partial charge >= 0.3 is 0 Å². The number of hydrogen-bond donors (Lipinski definition) is 2. The van der Waals surface area contributed by atoms with Crippen molar-refractivity contribution in [1.29, 1.82) is 0 Å². The van der Waals surface area contributed by atoms with Gasteiger partial charge in [0.15, 0.2) is 0 Å². The standard InChI is InChI=1S/C23H30FN5OS/c1-15-19-14-21(31-23(19)29(3)27-15)22(30)28(2)12-6-4-5-7-18-13-20(26-25-18)16-8-10-17(24)11-9-16/h8-11,14,18,20,25-26H,4-7,12-13H2,1-3H3. The summed E-state index contributed by atoms with van der Waals surface area (Å²) in [6.07, 6.45) is 5.29. The fourth-order valence-electron chi connectivity index (χ4n) is 4.24. The minimum atomic E-state index is -0.200. The summed E-state index contributed by atoms with van der Waals surface area (Å²) in [6.45, 7) is 2.74. The lowest BCUT2D eigenvalue weighted by atomic mass is 9.99. The van der Waals surface area contributed by atoms with Gasteiger partial charge in [0.25, 0.3) is 5.91 Å². The summed E-state index contributed by atoms with van der Waals surface area (Å²) in [5.74, 6) is -0.112. The molecule has 2 unspecified atom stereocenters. The van der Waals surface area contributed by atoms with Crippen LogP contribution in [0.1, 0.15) is 59.1 Å². The van der Waals surface area contributed by atoms with E-state index < -0.39 is 0 Å². The minimum absolute atomic E-state index is 0.0874. The average Bonchev–Trinajstić information content (AvgIpc) is 3.46. The van der Waals surface area contributed by atoms with Crippen molar-refractivity contribution in [3.8, 4) is 0 Å². The molecule has 2 N–H and O–H groups in total. The second-order valence-corrected chi connectivity index (χ2v) is 9.47. The van der Waals surface area contributed by atoms with E-state index in [2.05, 4.69) is 16.0 Å². The molecule has 8 heteroatoms. The number of nitrogens with zero attached hydrogens (tertiary/aromatic N) is 3. The number of thiophene rings is 1. The van der Waals surface area contributed by atoms with Gasteiger partial charge in [-0.3, -0.25) is 20.3 Å². The molecule has 1 aromatic carbocycles. The summed E-state index contributed by atoms with van der Waals surface area (Å²) in [5.41, 5.74) is 8.76. The van der Waals surface area contributed by atoms with Gasteiger partial charge in [0, 0.05) is 38.1 Å². The van der Waals surface area contributed by atoms with Crippen molar-refractivity contribution < 1.29 is 9.18 Å². The van der Waals surface area contributed by atoms with Crippen LogP contribution in [-0.2, 0) is 7.05 Å². The maximum absolute atomic E-state index is 13.1. The molecule has 1 saturated heterocycles. The van der Waals surface area contributed by atoms with Crippen molar-refractivity contribution >= 4 is 27.5 Å². The number of halogens is 1. The molecule has 31 heavy (non-hydrogen) atoms. The first-order chi connectivity index (χ1) is 14.9. The average molecular weight is 444 g/mol. The molecule has 3 aromatic rings. The van der Waals surface area contributed by atoms with Crippen LogP contribution in [0.25, 0.3) is 10.2 Å². The highest BCUT2D eigenvalue weighted by Crippen LogP contribution is 2.28. The number of fused-ring (bicyclic) bond motifs is 1. The van der Waals surface area contributed by atoms with Crippen LogP contribution in [0, 0.1) is 12.7 Å². The third-order valence-corrected chi connectivity index (χ3v) is 7.24. The number of nitrogens with one attached hydrogen (secondary N) is 2. The Morgan fingerprint density at radius 1 is 1.26 bits per heavy atom. The van der Waals surface area contributed by atoms with Crippen molar-refractivity contribution in [3.05, 3.63) is 52.3 Å². The number of carbonyl (C=O) groups excluding carboxylic acids is 1. The molecule has 1 amide bonds. The Bertz CT molecular complexity index is 1010. The molecule has 4 rings (SSSR count). The van der Waals surface area contributed by atoms with E-state index in [9.17, 15) is 9.18 Å². The number of hydrazine groups is 1. The molecule has 1 fully saturated rings. The SMILES string of the molecule is Cc1nn(C)c2sc(C(=O)N(C)CCCCCC3CC(c4ccc(F)cc4)NN3)cc12. The fraction of sp³-hybridized carbons (Fsp3) is 0.478. The first kappa shape index (κ1) is 21.9. The largest absolute Gasteiger partial charge is 0.341 e. The Kier molecular flexibility index (Phi) is 6.69. The third-order valence-electron chi connectivity index (χ3n) is 6.05. The highest BCUT2D eigenvalue weighted by molar-refractivity contribution is 7.20. The molecule has 166 valence electrons. The third kappa shape index (κ3) is 4.97. The molecule has 0 bridgehead atoms. The van der Waals surface area contributed by atoms with Crippen LogP contribution in [0.5, 0.6) is 0 Å². The Morgan fingerprint density at radius 2 is 2.03 bits per heavy atom. The minimum Gasteiger partial charge on any atom is -0.341 e. The van der Waals surface area contributed by atoms with Crippen LogP contribution in [0.3, 0.4) is 0 Å². The highest BCUT2D eigenvalue weighted by Gasteiger charge is 2.24. The number of aryl methyl sites for hydroxylation is 2. The molecule has 0 spiro atoms. The molecule has 3 heterocycles. The number of hydrogen-bond acceptors (Lipinski definition) is 5. The summed E-state index contributed by atoms with van der Waals surface area (Å²) in [4.78, 5) is 16.4. The molecule has 6 nitrogen and oxygen atoms in total. The second kappa shape index (κ2) is 9.46. The molecule has 2 atom stereocenters. The molecule has 0 saturated carbocycles. The van der Waals surface area contributed by atoms with Crippen LogP contribution in [-0.4, -0.2) is 40.2 Å². The Hall–Kier alpha value is -2.29.